The van der Waals surface area contributed by atoms with Crippen molar-refractivity contribution in [3.05, 3.63) is 22.7 Å². The smallest absolute Gasteiger partial charge is 0.342 e. The molecule has 1 saturated heterocycles. The van der Waals surface area contributed by atoms with Crippen molar-refractivity contribution in [3.63, 3.8) is 0 Å². The van der Waals surface area contributed by atoms with E-state index in [1.165, 1.54) is 44.9 Å². The van der Waals surface area contributed by atoms with E-state index < -0.39 is 5.97 Å². The molecule has 1 aromatic rings. The Labute approximate surface area is 136 Å². The fraction of sp³-hybridized carbons (Fsp3) is 0.562. The summed E-state index contributed by atoms with van der Waals surface area (Å²) in [5.41, 5.74) is 6.38. The fourth-order valence-electron chi connectivity index (χ4n) is 2.60. The van der Waals surface area contributed by atoms with Crippen LogP contribution in [0.2, 0.25) is 5.02 Å². The third-order valence-corrected chi connectivity index (χ3v) is 4.21. The third kappa shape index (κ3) is 4.52. The molecule has 6 heteroatoms. The van der Waals surface area contributed by atoms with Crippen molar-refractivity contribution in [1.29, 1.82) is 0 Å². The number of ether oxygens (including phenoxy) is 2. The molecule has 122 valence electrons. The molecule has 2 rings (SSSR count). The molecule has 1 aliphatic rings. The number of esters is 1. The van der Waals surface area contributed by atoms with Crippen molar-refractivity contribution in [2.45, 2.75) is 25.7 Å². The molecule has 0 saturated carbocycles. The molecule has 1 heterocycles. The second kappa shape index (κ2) is 8.25. The molecule has 1 aliphatic heterocycles. The zero-order valence-electron chi connectivity index (χ0n) is 12.9. The number of rotatable bonds is 5. The first kappa shape index (κ1) is 16.9. The van der Waals surface area contributed by atoms with Gasteiger partial charge in [-0.15, -0.1) is 0 Å². The predicted molar refractivity (Wildman–Crippen MR) is 87.6 cm³/mol. The lowest BCUT2D eigenvalue weighted by atomic mass is 10.2. The van der Waals surface area contributed by atoms with E-state index in [2.05, 4.69) is 4.90 Å². The van der Waals surface area contributed by atoms with Gasteiger partial charge in [0.15, 0.2) is 0 Å². The van der Waals surface area contributed by atoms with Gasteiger partial charge in [0.1, 0.15) is 17.9 Å². The Morgan fingerprint density at radius 1 is 1.27 bits per heavy atom. The van der Waals surface area contributed by atoms with Crippen LogP contribution in [-0.2, 0) is 4.74 Å². The quantitative estimate of drug-likeness (QED) is 0.665. The molecule has 0 radical (unpaired) electrons. The summed E-state index contributed by atoms with van der Waals surface area (Å²) in [7, 11) is 1.48. The van der Waals surface area contributed by atoms with Crippen molar-refractivity contribution in [2.24, 2.45) is 0 Å². The summed E-state index contributed by atoms with van der Waals surface area (Å²) in [6, 6.07) is 3.03. The Bertz CT molecular complexity index is 514. The van der Waals surface area contributed by atoms with E-state index in [1.54, 1.807) is 0 Å². The molecule has 0 aromatic heterocycles. The number of carbonyl (C=O) groups is 1. The van der Waals surface area contributed by atoms with Crippen molar-refractivity contribution in [3.8, 4) is 5.75 Å². The van der Waals surface area contributed by atoms with E-state index in [-0.39, 0.29) is 0 Å². The fourth-order valence-corrected chi connectivity index (χ4v) is 2.77. The molecular formula is C16H23ClN2O3. The maximum Gasteiger partial charge on any atom is 0.342 e. The number of carbonyl (C=O) groups excluding carboxylic acids is 1. The van der Waals surface area contributed by atoms with Gasteiger partial charge >= 0.3 is 5.97 Å². The molecule has 0 aliphatic carbocycles. The van der Waals surface area contributed by atoms with Crippen LogP contribution in [0.5, 0.6) is 5.75 Å². The number of halogens is 1. The van der Waals surface area contributed by atoms with Crippen LogP contribution >= 0.6 is 11.6 Å². The average molecular weight is 327 g/mol. The Morgan fingerprint density at radius 2 is 1.95 bits per heavy atom. The Balaban J connectivity index is 1.90. The SMILES string of the molecule is COc1cc(N)c(Cl)cc1C(=O)OCCN1CCCCCC1. The van der Waals surface area contributed by atoms with E-state index >= 15 is 0 Å². The second-order valence-electron chi connectivity index (χ2n) is 5.47. The Kier molecular flexibility index (Phi) is 6.34. The number of methoxy groups -OCH3 is 1. The summed E-state index contributed by atoms with van der Waals surface area (Å²) in [5.74, 6) is -0.0600. The molecule has 2 N–H and O–H groups in total. The van der Waals surface area contributed by atoms with E-state index in [1.807, 2.05) is 0 Å². The second-order valence-corrected chi connectivity index (χ2v) is 5.87. The molecule has 0 spiro atoms. The standard InChI is InChI=1S/C16H23ClN2O3/c1-21-15-11-14(18)13(17)10-12(15)16(20)22-9-8-19-6-4-2-3-5-7-19/h10-11H,2-9,18H2,1H3. The lowest BCUT2D eigenvalue weighted by Gasteiger charge is -2.19. The van der Waals surface area contributed by atoms with E-state index in [4.69, 9.17) is 26.8 Å². The van der Waals surface area contributed by atoms with Gasteiger partial charge in [0.05, 0.1) is 17.8 Å². The van der Waals surface area contributed by atoms with Gasteiger partial charge in [-0.2, -0.15) is 0 Å². The van der Waals surface area contributed by atoms with Gasteiger partial charge in [0, 0.05) is 12.6 Å². The van der Waals surface area contributed by atoms with Crippen LogP contribution in [0.1, 0.15) is 36.0 Å². The number of likely N-dealkylation sites (tertiary alicyclic amines) is 1. The van der Waals surface area contributed by atoms with Crippen LogP contribution in [0, 0.1) is 0 Å². The van der Waals surface area contributed by atoms with Crippen molar-refractivity contribution >= 4 is 23.3 Å². The summed E-state index contributed by atoms with van der Waals surface area (Å²) < 4.78 is 10.5. The molecule has 0 atom stereocenters. The minimum absolute atomic E-state index is 0.303. The number of nitrogens with two attached hydrogens (primary N) is 1. The first-order valence-corrected chi connectivity index (χ1v) is 8.02. The number of nitrogens with zero attached hydrogens (tertiary/aromatic N) is 1. The zero-order chi connectivity index (χ0) is 15.9. The van der Waals surface area contributed by atoms with Gasteiger partial charge in [-0.1, -0.05) is 24.4 Å². The highest BCUT2D eigenvalue weighted by molar-refractivity contribution is 6.33. The lowest BCUT2D eigenvalue weighted by molar-refractivity contribution is 0.0460. The summed E-state index contributed by atoms with van der Waals surface area (Å²) in [6.45, 7) is 3.28. The van der Waals surface area contributed by atoms with E-state index in [0.717, 1.165) is 19.6 Å². The van der Waals surface area contributed by atoms with Crippen LogP contribution in [0.4, 0.5) is 5.69 Å². The van der Waals surface area contributed by atoms with Crippen molar-refractivity contribution in [1.82, 2.24) is 4.90 Å². The Morgan fingerprint density at radius 3 is 2.59 bits per heavy atom. The topological polar surface area (TPSA) is 64.8 Å². The van der Waals surface area contributed by atoms with Gasteiger partial charge in [-0.05, 0) is 32.0 Å². The van der Waals surface area contributed by atoms with Crippen LogP contribution in [-0.4, -0.2) is 44.2 Å². The lowest BCUT2D eigenvalue weighted by Crippen LogP contribution is -2.29. The molecule has 0 amide bonds. The van der Waals surface area contributed by atoms with Gasteiger partial charge in [0.2, 0.25) is 0 Å². The largest absolute Gasteiger partial charge is 0.496 e. The maximum absolute atomic E-state index is 12.2. The monoisotopic (exact) mass is 326 g/mol. The number of hydrogen-bond donors (Lipinski definition) is 1. The number of nitrogen functional groups attached to an aromatic ring is 1. The van der Waals surface area contributed by atoms with Gasteiger partial charge in [0.25, 0.3) is 0 Å². The van der Waals surface area contributed by atoms with Gasteiger partial charge in [-0.3, -0.25) is 4.90 Å². The molecule has 1 aromatic carbocycles. The third-order valence-electron chi connectivity index (χ3n) is 3.88. The molecule has 0 bridgehead atoms. The summed E-state index contributed by atoms with van der Waals surface area (Å²) in [5, 5.41) is 0.320. The molecule has 5 nitrogen and oxygen atoms in total. The summed E-state index contributed by atoms with van der Waals surface area (Å²) in [4.78, 5) is 14.5. The summed E-state index contributed by atoms with van der Waals surface area (Å²) in [6.07, 6.45) is 5.01. The predicted octanol–water partition coefficient (Wildman–Crippen LogP) is 2.96. The summed E-state index contributed by atoms with van der Waals surface area (Å²) >= 11 is 5.96. The first-order chi connectivity index (χ1) is 10.6. The van der Waals surface area contributed by atoms with Crippen LogP contribution < -0.4 is 10.5 Å². The van der Waals surface area contributed by atoms with Crippen LogP contribution in [0.3, 0.4) is 0 Å². The van der Waals surface area contributed by atoms with Crippen molar-refractivity contribution in [2.75, 3.05) is 39.1 Å². The van der Waals surface area contributed by atoms with E-state index in [0.29, 0.717) is 28.6 Å². The minimum Gasteiger partial charge on any atom is -0.496 e. The first-order valence-electron chi connectivity index (χ1n) is 7.64. The number of hydrogen-bond acceptors (Lipinski definition) is 5. The molecule has 0 unspecified atom stereocenters. The highest BCUT2D eigenvalue weighted by Crippen LogP contribution is 2.29. The highest BCUT2D eigenvalue weighted by atomic mass is 35.5. The number of anilines is 1. The maximum atomic E-state index is 12.2. The van der Waals surface area contributed by atoms with Gasteiger partial charge in [-0.25, -0.2) is 4.79 Å². The highest BCUT2D eigenvalue weighted by Gasteiger charge is 2.17. The number of benzene rings is 1. The molecule has 1 fully saturated rings. The average Bonchev–Trinajstić information content (AvgIpc) is 2.78. The van der Waals surface area contributed by atoms with Crippen molar-refractivity contribution < 1.29 is 14.3 Å². The van der Waals surface area contributed by atoms with Gasteiger partial charge < -0.3 is 15.2 Å². The zero-order valence-corrected chi connectivity index (χ0v) is 13.7. The normalized spacial score (nSPS) is 16.1. The minimum atomic E-state index is -0.437. The van der Waals surface area contributed by atoms with E-state index in [9.17, 15) is 4.79 Å². The van der Waals surface area contributed by atoms with Crippen LogP contribution in [0.15, 0.2) is 12.1 Å². The Hall–Kier alpha value is -1.46. The van der Waals surface area contributed by atoms with Crippen LogP contribution in [0.25, 0.3) is 0 Å². The molecule has 22 heavy (non-hydrogen) atoms. The molecular weight excluding hydrogens is 304 g/mol.